The minimum atomic E-state index is 0.705. The number of nitrogens with one attached hydrogen (secondary N) is 1. The van der Waals surface area contributed by atoms with E-state index in [0.29, 0.717) is 5.92 Å². The van der Waals surface area contributed by atoms with E-state index in [1.807, 2.05) is 37.1 Å². The Kier molecular flexibility index (Phi) is 3.37. The van der Waals surface area contributed by atoms with Crippen LogP contribution >= 0.6 is 0 Å². The lowest BCUT2D eigenvalue weighted by molar-refractivity contribution is 0.710. The van der Waals surface area contributed by atoms with Crippen LogP contribution in [0.5, 0.6) is 0 Å². The summed E-state index contributed by atoms with van der Waals surface area (Å²) in [5.74, 6) is 1.46. The molecule has 0 saturated heterocycles. The number of nitrogens with zero attached hydrogens (tertiary/aromatic N) is 5. The van der Waals surface area contributed by atoms with Crippen molar-refractivity contribution in [2.45, 2.75) is 25.3 Å². The Hall–Kier alpha value is -2.63. The standard InChI is InChI=1S/C17H20N6/c1-22-11-19-17(21-22)13-5-7-15(8-6-13)18-9-14-10-20-23(2)16(14)12-3-4-12/h5-8,10-12,18H,3-4,9H2,1-2H3. The molecule has 2 heterocycles. The van der Waals surface area contributed by atoms with Crippen LogP contribution in [0, 0.1) is 0 Å². The van der Waals surface area contributed by atoms with Crippen molar-refractivity contribution in [1.29, 1.82) is 0 Å². The van der Waals surface area contributed by atoms with Crippen molar-refractivity contribution in [1.82, 2.24) is 24.5 Å². The summed E-state index contributed by atoms with van der Waals surface area (Å²) < 4.78 is 3.73. The predicted octanol–water partition coefficient (Wildman–Crippen LogP) is 2.71. The molecule has 118 valence electrons. The summed E-state index contributed by atoms with van der Waals surface area (Å²) in [5, 5.41) is 12.2. The number of hydrogen-bond donors (Lipinski definition) is 1. The molecule has 0 radical (unpaired) electrons. The Bertz CT molecular complexity index is 810. The molecule has 1 saturated carbocycles. The quantitative estimate of drug-likeness (QED) is 0.787. The Morgan fingerprint density at radius 3 is 2.61 bits per heavy atom. The lowest BCUT2D eigenvalue weighted by Crippen LogP contribution is -2.03. The maximum absolute atomic E-state index is 4.40. The van der Waals surface area contributed by atoms with Gasteiger partial charge in [0.1, 0.15) is 6.33 Å². The van der Waals surface area contributed by atoms with Gasteiger partial charge in [0.15, 0.2) is 5.82 Å². The van der Waals surface area contributed by atoms with Crippen LogP contribution in [-0.4, -0.2) is 24.5 Å². The van der Waals surface area contributed by atoms with Crippen LogP contribution in [-0.2, 0) is 20.6 Å². The van der Waals surface area contributed by atoms with Crippen molar-refractivity contribution in [3.63, 3.8) is 0 Å². The maximum atomic E-state index is 4.40. The molecule has 0 amide bonds. The molecule has 2 aromatic heterocycles. The first-order valence-electron chi connectivity index (χ1n) is 7.91. The van der Waals surface area contributed by atoms with E-state index >= 15 is 0 Å². The van der Waals surface area contributed by atoms with Gasteiger partial charge < -0.3 is 5.32 Å². The highest BCUT2D eigenvalue weighted by Crippen LogP contribution is 2.41. The molecule has 1 N–H and O–H groups in total. The number of benzene rings is 1. The maximum Gasteiger partial charge on any atom is 0.181 e. The van der Waals surface area contributed by atoms with Gasteiger partial charge in [-0.3, -0.25) is 9.36 Å². The van der Waals surface area contributed by atoms with Gasteiger partial charge in [-0.2, -0.15) is 10.2 Å². The molecule has 0 atom stereocenters. The normalized spacial score (nSPS) is 14.2. The highest BCUT2D eigenvalue weighted by molar-refractivity contribution is 5.59. The second-order valence-electron chi connectivity index (χ2n) is 6.13. The van der Waals surface area contributed by atoms with Crippen molar-refractivity contribution < 1.29 is 0 Å². The van der Waals surface area contributed by atoms with Gasteiger partial charge in [0, 0.05) is 49.1 Å². The Morgan fingerprint density at radius 1 is 1.17 bits per heavy atom. The Morgan fingerprint density at radius 2 is 1.96 bits per heavy atom. The second kappa shape index (κ2) is 5.53. The van der Waals surface area contributed by atoms with Gasteiger partial charge in [-0.05, 0) is 37.1 Å². The number of anilines is 1. The molecule has 3 aromatic rings. The molecule has 0 aliphatic heterocycles. The summed E-state index contributed by atoms with van der Waals surface area (Å²) in [4.78, 5) is 4.27. The smallest absolute Gasteiger partial charge is 0.181 e. The van der Waals surface area contributed by atoms with Crippen LogP contribution in [0.25, 0.3) is 11.4 Å². The molecule has 6 heteroatoms. The van der Waals surface area contributed by atoms with E-state index in [2.05, 4.69) is 32.6 Å². The third kappa shape index (κ3) is 2.84. The number of aryl methyl sites for hydroxylation is 2. The van der Waals surface area contributed by atoms with Gasteiger partial charge >= 0.3 is 0 Å². The molecule has 1 aliphatic rings. The first-order valence-corrected chi connectivity index (χ1v) is 7.91. The van der Waals surface area contributed by atoms with Crippen LogP contribution < -0.4 is 5.32 Å². The van der Waals surface area contributed by atoms with Crippen molar-refractivity contribution in [3.8, 4) is 11.4 Å². The summed E-state index contributed by atoms with van der Waals surface area (Å²) in [5.41, 5.74) is 4.80. The molecule has 0 bridgehead atoms. The zero-order valence-electron chi connectivity index (χ0n) is 13.4. The van der Waals surface area contributed by atoms with Crippen molar-refractivity contribution >= 4 is 5.69 Å². The number of aromatic nitrogens is 5. The highest BCUT2D eigenvalue weighted by atomic mass is 15.3. The Balaban J connectivity index is 1.45. The molecule has 0 unspecified atom stereocenters. The minimum Gasteiger partial charge on any atom is -0.381 e. The minimum absolute atomic E-state index is 0.705. The van der Waals surface area contributed by atoms with Crippen molar-refractivity contribution in [3.05, 3.63) is 48.0 Å². The first kappa shape index (κ1) is 14.0. The molecule has 1 fully saturated rings. The lowest BCUT2D eigenvalue weighted by atomic mass is 10.1. The fourth-order valence-corrected chi connectivity index (χ4v) is 2.92. The van der Waals surface area contributed by atoms with Gasteiger partial charge in [-0.1, -0.05) is 0 Å². The average Bonchev–Trinajstić information content (AvgIpc) is 3.19. The SMILES string of the molecule is Cn1cnc(-c2ccc(NCc3cnn(C)c3C3CC3)cc2)n1. The molecule has 6 nitrogen and oxygen atoms in total. The summed E-state index contributed by atoms with van der Waals surface area (Å²) in [7, 11) is 3.91. The summed E-state index contributed by atoms with van der Waals surface area (Å²) >= 11 is 0. The zero-order chi connectivity index (χ0) is 15.8. The van der Waals surface area contributed by atoms with Crippen LogP contribution in [0.15, 0.2) is 36.8 Å². The van der Waals surface area contributed by atoms with Gasteiger partial charge in [-0.15, -0.1) is 0 Å². The lowest BCUT2D eigenvalue weighted by Gasteiger charge is -2.08. The molecule has 1 aliphatic carbocycles. The van der Waals surface area contributed by atoms with Crippen LogP contribution in [0.4, 0.5) is 5.69 Å². The molecule has 23 heavy (non-hydrogen) atoms. The average molecular weight is 308 g/mol. The van der Waals surface area contributed by atoms with E-state index in [1.165, 1.54) is 24.1 Å². The van der Waals surface area contributed by atoms with Crippen molar-refractivity contribution in [2.24, 2.45) is 14.1 Å². The van der Waals surface area contributed by atoms with E-state index in [0.717, 1.165) is 23.6 Å². The first-order chi connectivity index (χ1) is 11.2. The van der Waals surface area contributed by atoms with Gasteiger partial charge in [-0.25, -0.2) is 4.98 Å². The molecular weight excluding hydrogens is 288 g/mol. The van der Waals surface area contributed by atoms with E-state index in [-0.39, 0.29) is 0 Å². The topological polar surface area (TPSA) is 60.6 Å². The zero-order valence-corrected chi connectivity index (χ0v) is 13.4. The highest BCUT2D eigenvalue weighted by Gasteiger charge is 2.29. The van der Waals surface area contributed by atoms with Crippen LogP contribution in [0.2, 0.25) is 0 Å². The number of rotatable bonds is 5. The van der Waals surface area contributed by atoms with Crippen molar-refractivity contribution in [2.75, 3.05) is 5.32 Å². The summed E-state index contributed by atoms with van der Waals surface area (Å²) in [6.07, 6.45) is 6.27. The van der Waals surface area contributed by atoms with E-state index in [1.54, 1.807) is 11.0 Å². The summed E-state index contributed by atoms with van der Waals surface area (Å²) in [6, 6.07) is 8.23. The third-order valence-corrected chi connectivity index (χ3v) is 4.25. The fraction of sp³-hybridized carbons (Fsp3) is 0.353. The molecule has 4 rings (SSSR count). The largest absolute Gasteiger partial charge is 0.381 e. The fourth-order valence-electron chi connectivity index (χ4n) is 2.92. The third-order valence-electron chi connectivity index (χ3n) is 4.25. The van der Waals surface area contributed by atoms with E-state index in [4.69, 9.17) is 0 Å². The van der Waals surface area contributed by atoms with Gasteiger partial charge in [0.2, 0.25) is 0 Å². The monoisotopic (exact) mass is 308 g/mol. The van der Waals surface area contributed by atoms with Crippen LogP contribution in [0.3, 0.4) is 0 Å². The Labute approximate surface area is 135 Å². The summed E-state index contributed by atoms with van der Waals surface area (Å²) in [6.45, 7) is 0.806. The predicted molar refractivity (Wildman–Crippen MR) is 88.9 cm³/mol. The van der Waals surface area contributed by atoms with Gasteiger partial charge in [0.25, 0.3) is 0 Å². The molecule has 1 aromatic carbocycles. The molecular formula is C17H20N6. The van der Waals surface area contributed by atoms with E-state index < -0.39 is 0 Å². The molecule has 0 spiro atoms. The van der Waals surface area contributed by atoms with Gasteiger partial charge in [0.05, 0.1) is 6.20 Å². The number of hydrogen-bond acceptors (Lipinski definition) is 4. The second-order valence-corrected chi connectivity index (χ2v) is 6.13. The van der Waals surface area contributed by atoms with Crippen LogP contribution in [0.1, 0.15) is 30.0 Å². The van der Waals surface area contributed by atoms with E-state index in [9.17, 15) is 0 Å².